The van der Waals surface area contributed by atoms with Crippen molar-refractivity contribution in [3.8, 4) is 11.1 Å². The molecule has 5 heteroatoms. The normalized spacial score (nSPS) is 31.7. The summed E-state index contributed by atoms with van der Waals surface area (Å²) < 4.78 is 17.1. The first-order valence-electron chi connectivity index (χ1n) is 12.2. The third-order valence-electron chi connectivity index (χ3n) is 7.91. The minimum absolute atomic E-state index is 0.0313. The lowest BCUT2D eigenvalue weighted by Gasteiger charge is -2.46. The third kappa shape index (κ3) is 4.62. The lowest BCUT2D eigenvalue weighted by atomic mass is 9.62. The number of fused-ring (bicyclic) bond motifs is 2. The van der Waals surface area contributed by atoms with Crippen molar-refractivity contribution in [2.24, 2.45) is 23.7 Å². The molecule has 6 rings (SSSR count). The zero-order valence-corrected chi connectivity index (χ0v) is 19.3. The Morgan fingerprint density at radius 1 is 1.03 bits per heavy atom. The Morgan fingerprint density at radius 2 is 1.82 bits per heavy atom. The summed E-state index contributed by atoms with van der Waals surface area (Å²) in [4.78, 5) is 16.2. The van der Waals surface area contributed by atoms with Gasteiger partial charge in [-0.25, -0.2) is 0 Å². The molecule has 5 nitrogen and oxygen atoms in total. The molecule has 174 valence electrons. The summed E-state index contributed by atoms with van der Waals surface area (Å²) in [5, 5.41) is 0. The van der Waals surface area contributed by atoms with Gasteiger partial charge in [-0.05, 0) is 55.7 Å². The fourth-order valence-electron chi connectivity index (χ4n) is 6.14. The van der Waals surface area contributed by atoms with E-state index in [2.05, 4.69) is 36.7 Å². The highest BCUT2D eigenvalue weighted by Crippen LogP contribution is 2.53. The van der Waals surface area contributed by atoms with Gasteiger partial charge in [0.05, 0.1) is 24.8 Å². The Bertz CT molecular complexity index is 967. The zero-order valence-electron chi connectivity index (χ0n) is 19.3. The van der Waals surface area contributed by atoms with Crippen LogP contribution in [0.5, 0.6) is 0 Å². The Balaban J connectivity index is 0.000000146. The second-order valence-electron chi connectivity index (χ2n) is 9.80. The molecule has 4 fully saturated rings. The highest BCUT2D eigenvalue weighted by molar-refractivity contribution is 5.75. The fourth-order valence-corrected chi connectivity index (χ4v) is 6.14. The van der Waals surface area contributed by atoms with Gasteiger partial charge in [0.1, 0.15) is 6.10 Å². The van der Waals surface area contributed by atoms with Crippen molar-refractivity contribution in [3.63, 3.8) is 0 Å². The summed E-state index contributed by atoms with van der Waals surface area (Å²) in [5.41, 5.74) is 3.23. The number of ether oxygens (including phenoxy) is 3. The van der Waals surface area contributed by atoms with Crippen molar-refractivity contribution in [2.45, 2.75) is 50.9 Å². The molecular formula is C28H33NO4. The van der Waals surface area contributed by atoms with E-state index >= 15 is 0 Å². The van der Waals surface area contributed by atoms with Crippen LogP contribution in [0.1, 0.15) is 44.7 Å². The van der Waals surface area contributed by atoms with E-state index < -0.39 is 0 Å². The first-order valence-corrected chi connectivity index (χ1v) is 12.2. The Labute approximate surface area is 196 Å². The molecule has 0 radical (unpaired) electrons. The zero-order chi connectivity index (χ0) is 22.8. The monoisotopic (exact) mass is 447 g/mol. The summed E-state index contributed by atoms with van der Waals surface area (Å²) >= 11 is 0. The molecule has 0 N–H and O–H groups in total. The van der Waals surface area contributed by atoms with Crippen LogP contribution in [0.15, 0.2) is 55.2 Å². The number of cyclic esters (lactones) is 1. The summed E-state index contributed by atoms with van der Waals surface area (Å²) in [6.07, 6.45) is 9.03. The van der Waals surface area contributed by atoms with Crippen LogP contribution in [0.4, 0.5) is 0 Å². The Kier molecular flexibility index (Phi) is 6.35. The number of aromatic nitrogens is 1. The van der Waals surface area contributed by atoms with Crippen molar-refractivity contribution < 1.29 is 19.0 Å². The van der Waals surface area contributed by atoms with Gasteiger partial charge in [-0.2, -0.15) is 0 Å². The van der Waals surface area contributed by atoms with E-state index in [1.165, 1.54) is 12.0 Å². The molecule has 33 heavy (non-hydrogen) atoms. The van der Waals surface area contributed by atoms with E-state index in [0.29, 0.717) is 11.8 Å². The predicted octanol–water partition coefficient (Wildman–Crippen LogP) is 5.51. The number of hydrogen-bond acceptors (Lipinski definition) is 5. The molecule has 1 spiro atoms. The molecule has 2 aromatic rings. The van der Waals surface area contributed by atoms with Crippen LogP contribution in [0, 0.1) is 23.7 Å². The minimum Gasteiger partial charge on any atom is -0.462 e. The average molecular weight is 448 g/mol. The highest BCUT2D eigenvalue weighted by atomic mass is 16.7. The Hall–Kier alpha value is -2.50. The molecule has 2 saturated carbocycles. The molecule has 2 aliphatic carbocycles. The standard InChI is InChI=1S/C15H22O4.C13H11N/c1-9-12-6-10-2-3-15(17-4-5-18-15)8-11(10)7-13(12)14(16)19-9;1-2-13-9-8-12(10-14-13)11-6-4-3-5-7-11/h9-13H,2-8H2,1H3;2-10H,1H2/t9-,10?,11?,12?,13?;/m1./s1. The summed E-state index contributed by atoms with van der Waals surface area (Å²) in [5.74, 6) is 1.61. The van der Waals surface area contributed by atoms with Crippen molar-refractivity contribution >= 4 is 12.0 Å². The molecule has 4 unspecified atom stereocenters. The van der Waals surface area contributed by atoms with Gasteiger partial charge in [-0.15, -0.1) is 0 Å². The molecular weight excluding hydrogens is 414 g/mol. The second kappa shape index (κ2) is 9.40. The number of nitrogens with zero attached hydrogens (tertiary/aromatic N) is 1. The maximum Gasteiger partial charge on any atom is 0.309 e. The van der Waals surface area contributed by atoms with Crippen LogP contribution < -0.4 is 0 Å². The van der Waals surface area contributed by atoms with Crippen molar-refractivity contribution in [2.75, 3.05) is 13.2 Å². The topological polar surface area (TPSA) is 57.7 Å². The number of hydrogen-bond donors (Lipinski definition) is 0. The minimum atomic E-state index is -0.317. The maximum absolute atomic E-state index is 11.9. The molecule has 4 aliphatic rings. The van der Waals surface area contributed by atoms with Gasteiger partial charge in [-0.3, -0.25) is 9.78 Å². The third-order valence-corrected chi connectivity index (χ3v) is 7.91. The van der Waals surface area contributed by atoms with E-state index in [1.54, 1.807) is 6.08 Å². The van der Waals surface area contributed by atoms with Crippen LogP contribution in [0.2, 0.25) is 0 Å². The lowest BCUT2D eigenvalue weighted by molar-refractivity contribution is -0.201. The van der Waals surface area contributed by atoms with E-state index in [1.807, 2.05) is 30.5 Å². The lowest BCUT2D eigenvalue weighted by Crippen LogP contribution is -2.45. The van der Waals surface area contributed by atoms with Gasteiger partial charge in [-0.1, -0.05) is 43.0 Å². The quantitative estimate of drug-likeness (QED) is 0.568. The highest BCUT2D eigenvalue weighted by Gasteiger charge is 2.53. The molecule has 1 aromatic heterocycles. The first-order chi connectivity index (χ1) is 16.1. The first kappa shape index (κ1) is 22.3. The number of carbonyl (C=O) groups excluding carboxylic acids is 1. The molecule has 3 heterocycles. The number of rotatable bonds is 2. The van der Waals surface area contributed by atoms with Crippen LogP contribution in [0.25, 0.3) is 17.2 Å². The van der Waals surface area contributed by atoms with Gasteiger partial charge in [0.2, 0.25) is 0 Å². The van der Waals surface area contributed by atoms with Gasteiger partial charge in [0.25, 0.3) is 0 Å². The molecule has 2 aliphatic heterocycles. The summed E-state index contributed by atoms with van der Waals surface area (Å²) in [6.45, 7) is 7.17. The summed E-state index contributed by atoms with van der Waals surface area (Å²) in [6, 6.07) is 14.2. The average Bonchev–Trinajstić information content (AvgIpc) is 3.42. The van der Waals surface area contributed by atoms with Gasteiger partial charge >= 0.3 is 5.97 Å². The van der Waals surface area contributed by atoms with Gasteiger partial charge in [0.15, 0.2) is 5.79 Å². The number of carbonyl (C=O) groups is 1. The van der Waals surface area contributed by atoms with Crippen LogP contribution in [-0.4, -0.2) is 36.1 Å². The van der Waals surface area contributed by atoms with Crippen molar-refractivity contribution in [1.82, 2.24) is 4.98 Å². The maximum atomic E-state index is 11.9. The molecule has 0 bridgehead atoms. The smallest absolute Gasteiger partial charge is 0.309 e. The van der Waals surface area contributed by atoms with Crippen molar-refractivity contribution in [3.05, 3.63) is 60.9 Å². The number of pyridine rings is 1. The molecule has 2 saturated heterocycles. The van der Waals surface area contributed by atoms with E-state index in [4.69, 9.17) is 14.2 Å². The number of esters is 1. The van der Waals surface area contributed by atoms with Crippen LogP contribution >= 0.6 is 0 Å². The SMILES string of the molecule is C=Cc1ccc(-c2ccccc2)cn1.C[C@H]1OC(=O)C2CC3CC4(CCC3CC21)OCCO4. The predicted molar refractivity (Wildman–Crippen MR) is 127 cm³/mol. The fraction of sp³-hybridized carbons (Fsp3) is 0.500. The molecule has 5 atom stereocenters. The van der Waals surface area contributed by atoms with E-state index in [9.17, 15) is 4.79 Å². The van der Waals surface area contributed by atoms with Crippen LogP contribution in [-0.2, 0) is 19.0 Å². The van der Waals surface area contributed by atoms with Crippen LogP contribution in [0.3, 0.4) is 0 Å². The summed E-state index contributed by atoms with van der Waals surface area (Å²) in [7, 11) is 0. The second-order valence-corrected chi connectivity index (χ2v) is 9.80. The van der Waals surface area contributed by atoms with E-state index in [-0.39, 0.29) is 23.8 Å². The molecule has 1 aromatic carbocycles. The van der Waals surface area contributed by atoms with Crippen molar-refractivity contribution in [1.29, 1.82) is 0 Å². The van der Waals surface area contributed by atoms with E-state index in [0.717, 1.165) is 56.1 Å². The van der Waals surface area contributed by atoms with Gasteiger partial charge < -0.3 is 14.2 Å². The Morgan fingerprint density at radius 3 is 2.52 bits per heavy atom. The van der Waals surface area contributed by atoms with Gasteiger partial charge in [0, 0.05) is 30.5 Å². The number of benzene rings is 1. The molecule has 0 amide bonds. The largest absolute Gasteiger partial charge is 0.462 e.